The number of thioether (sulfide) groups is 1. The van der Waals surface area contributed by atoms with Crippen LogP contribution in [0.25, 0.3) is 0 Å². The molecule has 0 spiro atoms. The van der Waals surface area contributed by atoms with E-state index in [1.807, 2.05) is 44.2 Å². The Hall–Kier alpha value is -2.52. The lowest BCUT2D eigenvalue weighted by atomic mass is 9.87. The molecule has 2 unspecified atom stereocenters. The highest BCUT2D eigenvalue weighted by molar-refractivity contribution is 8.00. The number of ether oxygens (including phenoxy) is 1. The van der Waals surface area contributed by atoms with Gasteiger partial charge in [-0.15, -0.1) is 0 Å². The number of nitriles is 1. The Kier molecular flexibility index (Phi) is 6.58. The zero-order valence-corrected chi connectivity index (χ0v) is 17.3. The molecule has 2 atom stereocenters. The first kappa shape index (κ1) is 20.2. The van der Waals surface area contributed by atoms with Crippen LogP contribution in [0, 0.1) is 17.2 Å². The Labute approximate surface area is 170 Å². The smallest absolute Gasteiger partial charge is 0.237 e. The van der Waals surface area contributed by atoms with Gasteiger partial charge in [0.05, 0.1) is 23.1 Å². The summed E-state index contributed by atoms with van der Waals surface area (Å²) in [5.41, 5.74) is 3.43. The molecule has 0 aliphatic heterocycles. The second-order valence-electron chi connectivity index (χ2n) is 7.09. The Morgan fingerprint density at radius 1 is 1.46 bits per heavy atom. The molecule has 2 aromatic rings. The number of hydrogen-bond donors (Lipinski definition) is 1. The third kappa shape index (κ3) is 4.66. The number of hydrogen-bond acceptors (Lipinski definition) is 5. The van der Waals surface area contributed by atoms with Gasteiger partial charge in [0.1, 0.15) is 16.8 Å². The monoisotopic (exact) mass is 395 g/mol. The highest BCUT2D eigenvalue weighted by Crippen LogP contribution is 2.32. The summed E-state index contributed by atoms with van der Waals surface area (Å²) in [5.74, 6) is 1.12. The maximum absolute atomic E-state index is 12.7. The summed E-state index contributed by atoms with van der Waals surface area (Å²) >= 11 is 1.33. The van der Waals surface area contributed by atoms with Crippen molar-refractivity contribution in [2.45, 2.75) is 50.3 Å². The Morgan fingerprint density at radius 2 is 2.25 bits per heavy atom. The minimum Gasteiger partial charge on any atom is -0.492 e. The lowest BCUT2D eigenvalue weighted by Crippen LogP contribution is -2.23. The summed E-state index contributed by atoms with van der Waals surface area (Å²) in [6.45, 7) is 6.49. The van der Waals surface area contributed by atoms with Crippen LogP contribution in [0.4, 0.5) is 5.69 Å². The average Bonchev–Trinajstić information content (AvgIpc) is 2.69. The molecule has 146 valence electrons. The molecular formula is C22H25N3O2S. The number of carbonyl (C=O) groups excluding carboxylic acids is 1. The summed E-state index contributed by atoms with van der Waals surface area (Å²) in [5, 5.41) is 12.7. The van der Waals surface area contributed by atoms with Crippen LogP contribution in [0.2, 0.25) is 0 Å². The van der Waals surface area contributed by atoms with Crippen LogP contribution in [0.15, 0.2) is 35.4 Å². The quantitative estimate of drug-likeness (QED) is 0.724. The van der Waals surface area contributed by atoms with E-state index in [1.54, 1.807) is 0 Å². The van der Waals surface area contributed by atoms with Crippen molar-refractivity contribution >= 4 is 23.4 Å². The largest absolute Gasteiger partial charge is 0.492 e. The molecule has 0 saturated carbocycles. The molecule has 0 bridgehead atoms. The molecule has 1 amide bonds. The number of amides is 1. The molecule has 1 N–H and O–H groups in total. The van der Waals surface area contributed by atoms with Crippen molar-refractivity contribution in [2.75, 3.05) is 11.9 Å². The van der Waals surface area contributed by atoms with E-state index >= 15 is 0 Å². The number of carbonyl (C=O) groups is 1. The number of pyridine rings is 1. The van der Waals surface area contributed by atoms with Gasteiger partial charge in [-0.1, -0.05) is 30.8 Å². The van der Waals surface area contributed by atoms with Crippen LogP contribution in [0.1, 0.15) is 44.0 Å². The number of anilines is 1. The minimum atomic E-state index is -0.394. The molecule has 1 aromatic heterocycles. The molecule has 1 aliphatic carbocycles. The standard InChI is InChI=1S/C22H25N3O2S/c1-4-27-20-8-6-5-7-19(20)24-21(26)15(3)28-22-17(13-23)12-16-11-14(2)9-10-18(16)25-22/h5-8,12,14-15H,4,9-11H2,1-3H3,(H,24,26). The van der Waals surface area contributed by atoms with Gasteiger partial charge in [0, 0.05) is 5.69 Å². The molecular weight excluding hydrogens is 370 g/mol. The summed E-state index contributed by atoms with van der Waals surface area (Å²) in [7, 11) is 0. The molecule has 1 aliphatic rings. The van der Waals surface area contributed by atoms with Crippen molar-refractivity contribution in [3.8, 4) is 11.8 Å². The number of aromatic nitrogens is 1. The van der Waals surface area contributed by atoms with Gasteiger partial charge >= 0.3 is 0 Å². The molecule has 1 heterocycles. The Balaban J connectivity index is 1.75. The number of para-hydroxylation sites is 2. The van der Waals surface area contributed by atoms with E-state index in [9.17, 15) is 10.1 Å². The molecule has 6 heteroatoms. The maximum atomic E-state index is 12.7. The van der Waals surface area contributed by atoms with E-state index < -0.39 is 5.25 Å². The molecule has 0 saturated heterocycles. The van der Waals surface area contributed by atoms with E-state index in [1.165, 1.54) is 17.3 Å². The SMILES string of the molecule is CCOc1ccccc1NC(=O)C(C)Sc1nc2c(cc1C#N)CC(C)CC2. The van der Waals surface area contributed by atoms with Gasteiger partial charge in [0.2, 0.25) is 5.91 Å². The number of benzene rings is 1. The summed E-state index contributed by atoms with van der Waals surface area (Å²) in [6.07, 6.45) is 3.00. The lowest BCUT2D eigenvalue weighted by molar-refractivity contribution is -0.115. The summed E-state index contributed by atoms with van der Waals surface area (Å²) < 4.78 is 5.57. The predicted molar refractivity (Wildman–Crippen MR) is 112 cm³/mol. The van der Waals surface area contributed by atoms with Gasteiger partial charge in [0.25, 0.3) is 0 Å². The van der Waals surface area contributed by atoms with Crippen LogP contribution in [-0.2, 0) is 17.6 Å². The summed E-state index contributed by atoms with van der Waals surface area (Å²) in [6, 6.07) is 11.6. The Morgan fingerprint density at radius 3 is 3.00 bits per heavy atom. The zero-order chi connectivity index (χ0) is 20.1. The third-order valence-corrected chi connectivity index (χ3v) is 5.92. The third-order valence-electron chi connectivity index (χ3n) is 4.82. The van der Waals surface area contributed by atoms with Gasteiger partial charge in [-0.05, 0) is 62.8 Å². The number of nitrogens with one attached hydrogen (secondary N) is 1. The molecule has 28 heavy (non-hydrogen) atoms. The first-order valence-corrected chi connectivity index (χ1v) is 10.5. The van der Waals surface area contributed by atoms with Crippen molar-refractivity contribution < 1.29 is 9.53 Å². The lowest BCUT2D eigenvalue weighted by Gasteiger charge is -2.22. The second kappa shape index (κ2) is 9.11. The predicted octanol–water partition coefficient (Wildman–Crippen LogP) is 4.60. The van der Waals surface area contributed by atoms with E-state index in [-0.39, 0.29) is 5.91 Å². The van der Waals surface area contributed by atoms with Gasteiger partial charge < -0.3 is 10.1 Å². The van der Waals surface area contributed by atoms with Crippen molar-refractivity contribution in [3.63, 3.8) is 0 Å². The fraction of sp³-hybridized carbons (Fsp3) is 0.409. The second-order valence-corrected chi connectivity index (χ2v) is 8.41. The molecule has 0 fully saturated rings. The Bertz CT molecular complexity index is 907. The fourth-order valence-electron chi connectivity index (χ4n) is 3.30. The summed E-state index contributed by atoms with van der Waals surface area (Å²) in [4.78, 5) is 17.4. The normalized spacial score (nSPS) is 16.6. The van der Waals surface area contributed by atoms with Gasteiger partial charge in [-0.3, -0.25) is 4.79 Å². The van der Waals surface area contributed by atoms with Crippen molar-refractivity contribution in [3.05, 3.63) is 47.2 Å². The minimum absolute atomic E-state index is 0.144. The van der Waals surface area contributed by atoms with Gasteiger partial charge in [0.15, 0.2) is 0 Å². The molecule has 5 nitrogen and oxygen atoms in total. The zero-order valence-electron chi connectivity index (χ0n) is 16.5. The van der Waals surface area contributed by atoms with Crippen LogP contribution in [-0.4, -0.2) is 22.7 Å². The number of fused-ring (bicyclic) bond motifs is 1. The number of nitrogens with zero attached hydrogens (tertiary/aromatic N) is 2. The fourth-order valence-corrected chi connectivity index (χ4v) is 4.20. The van der Waals surface area contributed by atoms with Gasteiger partial charge in [-0.25, -0.2) is 4.98 Å². The van der Waals surface area contributed by atoms with Crippen LogP contribution >= 0.6 is 11.8 Å². The number of rotatable bonds is 6. The topological polar surface area (TPSA) is 75.0 Å². The van der Waals surface area contributed by atoms with E-state index in [2.05, 4.69) is 18.3 Å². The van der Waals surface area contributed by atoms with Crippen LogP contribution in [0.3, 0.4) is 0 Å². The van der Waals surface area contributed by atoms with Crippen molar-refractivity contribution in [2.24, 2.45) is 5.92 Å². The highest BCUT2D eigenvalue weighted by atomic mass is 32.2. The van der Waals surface area contributed by atoms with Gasteiger partial charge in [-0.2, -0.15) is 5.26 Å². The average molecular weight is 396 g/mol. The van der Waals surface area contributed by atoms with Crippen LogP contribution in [0.5, 0.6) is 5.75 Å². The molecule has 3 rings (SSSR count). The first-order chi connectivity index (χ1) is 13.5. The first-order valence-electron chi connectivity index (χ1n) is 9.64. The highest BCUT2D eigenvalue weighted by Gasteiger charge is 2.23. The van der Waals surface area contributed by atoms with E-state index in [4.69, 9.17) is 9.72 Å². The molecule has 1 aromatic carbocycles. The number of aryl methyl sites for hydroxylation is 1. The van der Waals surface area contributed by atoms with Crippen molar-refractivity contribution in [1.82, 2.24) is 4.98 Å². The van der Waals surface area contributed by atoms with E-state index in [0.29, 0.717) is 34.6 Å². The van der Waals surface area contributed by atoms with Crippen molar-refractivity contribution in [1.29, 1.82) is 5.26 Å². The molecule has 0 radical (unpaired) electrons. The van der Waals surface area contributed by atoms with Crippen LogP contribution < -0.4 is 10.1 Å². The maximum Gasteiger partial charge on any atom is 0.237 e. The van der Waals surface area contributed by atoms with E-state index in [0.717, 1.165) is 25.0 Å².